The number of alkyl halides is 1. The Morgan fingerprint density at radius 1 is 0.976 bits per heavy atom. The summed E-state index contributed by atoms with van der Waals surface area (Å²) < 4.78 is 81.4. The van der Waals surface area contributed by atoms with Crippen molar-refractivity contribution >= 4 is 32.5 Å². The summed E-state index contributed by atoms with van der Waals surface area (Å²) in [7, 11) is -2.75. The lowest BCUT2D eigenvalue weighted by Crippen LogP contribution is -2.16. The van der Waals surface area contributed by atoms with E-state index in [9.17, 15) is 22.0 Å². The number of benzene rings is 3. The second kappa shape index (κ2) is 12.0. The summed E-state index contributed by atoms with van der Waals surface area (Å²) >= 11 is 0. The molecular formula is C30H24F3N3O5S. The quantitative estimate of drug-likeness (QED) is 0.142. The summed E-state index contributed by atoms with van der Waals surface area (Å²) in [4.78, 5) is 20.4. The molecule has 0 bridgehead atoms. The fraction of sp³-hybridized carbons (Fsp3) is 0.133. The van der Waals surface area contributed by atoms with Gasteiger partial charge in [0, 0.05) is 36.0 Å². The minimum Gasteiger partial charge on any atom is -0.491 e. The van der Waals surface area contributed by atoms with E-state index in [1.54, 1.807) is 43.6 Å². The lowest BCUT2D eigenvalue weighted by Gasteiger charge is -2.12. The number of aromatic amines is 1. The van der Waals surface area contributed by atoms with Crippen LogP contribution in [0.5, 0.6) is 5.75 Å². The molecule has 0 saturated carbocycles. The number of ketones is 1. The molecule has 42 heavy (non-hydrogen) atoms. The van der Waals surface area contributed by atoms with Crippen molar-refractivity contribution in [2.45, 2.75) is 11.6 Å². The molecule has 0 fully saturated rings. The normalized spacial score (nSPS) is 11.5. The van der Waals surface area contributed by atoms with Gasteiger partial charge in [-0.3, -0.25) is 9.52 Å². The zero-order chi connectivity index (χ0) is 29.9. The zero-order valence-electron chi connectivity index (χ0n) is 22.2. The topological polar surface area (TPSA) is 110 Å². The van der Waals surface area contributed by atoms with Gasteiger partial charge in [-0.25, -0.2) is 26.6 Å². The molecule has 0 spiro atoms. The number of anilines is 1. The Kier molecular flexibility index (Phi) is 8.27. The predicted molar refractivity (Wildman–Crippen MR) is 151 cm³/mol. The molecule has 0 amide bonds. The first kappa shape index (κ1) is 28.8. The summed E-state index contributed by atoms with van der Waals surface area (Å²) in [6, 6.07) is 15.4. The Hall–Kier alpha value is -4.68. The van der Waals surface area contributed by atoms with Crippen molar-refractivity contribution in [1.29, 1.82) is 0 Å². The summed E-state index contributed by atoms with van der Waals surface area (Å²) in [5.74, 6) is -2.92. The van der Waals surface area contributed by atoms with Gasteiger partial charge in [0.25, 0.3) is 10.0 Å². The number of carbonyl (C=O) groups is 1. The summed E-state index contributed by atoms with van der Waals surface area (Å²) in [5, 5.41) is 0.315. The second-order valence-electron chi connectivity index (χ2n) is 9.18. The van der Waals surface area contributed by atoms with Crippen LogP contribution in [0.2, 0.25) is 0 Å². The predicted octanol–water partition coefficient (Wildman–Crippen LogP) is 6.03. The largest absolute Gasteiger partial charge is 0.491 e. The van der Waals surface area contributed by atoms with Crippen molar-refractivity contribution in [2.24, 2.45) is 0 Å². The van der Waals surface area contributed by atoms with E-state index < -0.39 is 45.4 Å². The maximum Gasteiger partial charge on any atom is 0.261 e. The van der Waals surface area contributed by atoms with E-state index in [4.69, 9.17) is 9.47 Å². The number of carbonyl (C=O) groups excluding carboxylic acids is 1. The van der Waals surface area contributed by atoms with Crippen LogP contribution in [0.4, 0.5) is 18.9 Å². The standard InChI is InChI=1S/C30H24F3N3O5S/c1-40-12-13-41-21-6-4-19(5-7-21)20-14-23-24(17-35-30(23)34-16-20)29(37)27-25(32)10-11-26(28(27)33)36-42(38,39)22-8-2-18(15-31)3-9-22/h2-11,14,16-17,36H,12-13,15H2,1H3,(H,34,35). The van der Waals surface area contributed by atoms with Crippen LogP contribution < -0.4 is 9.46 Å². The number of nitrogens with one attached hydrogen (secondary N) is 2. The number of fused-ring (bicyclic) bond motifs is 1. The van der Waals surface area contributed by atoms with E-state index >= 15 is 4.39 Å². The summed E-state index contributed by atoms with van der Waals surface area (Å²) in [6.45, 7) is 0.0484. The van der Waals surface area contributed by atoms with Gasteiger partial charge >= 0.3 is 0 Å². The highest BCUT2D eigenvalue weighted by Gasteiger charge is 2.26. The molecule has 2 aromatic heterocycles. The van der Waals surface area contributed by atoms with Crippen LogP contribution in [0.15, 0.2) is 84.0 Å². The Morgan fingerprint density at radius 3 is 2.40 bits per heavy atom. The zero-order valence-corrected chi connectivity index (χ0v) is 23.0. The van der Waals surface area contributed by atoms with Crippen LogP contribution in [0.25, 0.3) is 22.2 Å². The van der Waals surface area contributed by atoms with Crippen molar-refractivity contribution in [2.75, 3.05) is 25.0 Å². The van der Waals surface area contributed by atoms with Gasteiger partial charge in [-0.2, -0.15) is 0 Å². The highest BCUT2D eigenvalue weighted by molar-refractivity contribution is 7.92. The Bertz CT molecular complexity index is 1860. The lowest BCUT2D eigenvalue weighted by molar-refractivity contribution is 0.103. The first-order chi connectivity index (χ1) is 20.2. The third-order valence-corrected chi connectivity index (χ3v) is 7.85. The maximum atomic E-state index is 15.6. The molecule has 216 valence electrons. The maximum absolute atomic E-state index is 15.6. The van der Waals surface area contributed by atoms with Gasteiger partial charge in [-0.1, -0.05) is 24.3 Å². The molecule has 3 aromatic carbocycles. The minimum absolute atomic E-state index is 0.0570. The van der Waals surface area contributed by atoms with Gasteiger partial charge in [-0.05, 0) is 53.6 Å². The van der Waals surface area contributed by atoms with E-state index in [0.717, 1.165) is 29.8 Å². The molecule has 0 aliphatic rings. The van der Waals surface area contributed by atoms with E-state index in [1.807, 2.05) is 4.72 Å². The molecular weight excluding hydrogens is 571 g/mol. The molecule has 2 N–H and O–H groups in total. The third-order valence-electron chi connectivity index (χ3n) is 6.47. The fourth-order valence-electron chi connectivity index (χ4n) is 4.27. The van der Waals surface area contributed by atoms with Crippen LogP contribution in [0.1, 0.15) is 21.5 Å². The fourth-order valence-corrected chi connectivity index (χ4v) is 5.33. The number of halogens is 3. The van der Waals surface area contributed by atoms with E-state index in [-0.39, 0.29) is 16.0 Å². The minimum atomic E-state index is -4.33. The molecule has 2 heterocycles. The molecule has 5 aromatic rings. The molecule has 0 radical (unpaired) electrons. The van der Waals surface area contributed by atoms with E-state index in [2.05, 4.69) is 9.97 Å². The Balaban J connectivity index is 1.45. The molecule has 0 aliphatic heterocycles. The smallest absolute Gasteiger partial charge is 0.261 e. The van der Waals surface area contributed by atoms with Crippen molar-refractivity contribution in [1.82, 2.24) is 9.97 Å². The van der Waals surface area contributed by atoms with Crippen LogP contribution >= 0.6 is 0 Å². The van der Waals surface area contributed by atoms with Gasteiger partial charge in [0.1, 0.15) is 30.5 Å². The van der Waals surface area contributed by atoms with Gasteiger partial charge in [0.05, 0.1) is 22.8 Å². The molecule has 0 saturated heterocycles. The van der Waals surface area contributed by atoms with E-state index in [0.29, 0.717) is 35.6 Å². The first-order valence-electron chi connectivity index (χ1n) is 12.6. The molecule has 12 heteroatoms. The number of hydrogen-bond acceptors (Lipinski definition) is 6. The lowest BCUT2D eigenvalue weighted by atomic mass is 10.00. The van der Waals surface area contributed by atoms with Crippen LogP contribution in [-0.2, 0) is 21.4 Å². The molecule has 5 rings (SSSR count). The third kappa shape index (κ3) is 5.85. The monoisotopic (exact) mass is 595 g/mol. The van der Waals surface area contributed by atoms with Gasteiger partial charge in [-0.15, -0.1) is 0 Å². The van der Waals surface area contributed by atoms with Crippen molar-refractivity contribution in [3.05, 3.63) is 107 Å². The number of hydrogen-bond donors (Lipinski definition) is 2. The number of aromatic nitrogens is 2. The first-order valence-corrected chi connectivity index (χ1v) is 14.1. The molecule has 8 nitrogen and oxygen atoms in total. The Morgan fingerprint density at radius 2 is 1.71 bits per heavy atom. The number of H-pyrrole nitrogens is 1. The van der Waals surface area contributed by atoms with Gasteiger partial charge in [0.15, 0.2) is 5.82 Å². The van der Waals surface area contributed by atoms with Crippen LogP contribution in [0.3, 0.4) is 0 Å². The number of sulfonamides is 1. The van der Waals surface area contributed by atoms with Crippen molar-refractivity contribution < 1.29 is 35.9 Å². The van der Waals surface area contributed by atoms with Crippen LogP contribution in [0, 0.1) is 11.6 Å². The number of pyridine rings is 1. The van der Waals surface area contributed by atoms with Gasteiger partial charge < -0.3 is 14.5 Å². The van der Waals surface area contributed by atoms with Gasteiger partial charge in [0.2, 0.25) is 5.78 Å². The van der Waals surface area contributed by atoms with Crippen molar-refractivity contribution in [3.63, 3.8) is 0 Å². The highest BCUT2D eigenvalue weighted by atomic mass is 32.2. The Labute approximate surface area is 239 Å². The van der Waals surface area contributed by atoms with E-state index in [1.165, 1.54) is 18.3 Å². The highest BCUT2D eigenvalue weighted by Crippen LogP contribution is 2.31. The molecule has 0 aliphatic carbocycles. The van der Waals surface area contributed by atoms with Crippen molar-refractivity contribution in [3.8, 4) is 16.9 Å². The average molecular weight is 596 g/mol. The SMILES string of the molecule is COCCOc1ccc(-c2cnc3[nH]cc(C(=O)c4c(F)ccc(NS(=O)(=O)c5ccc(CF)cc5)c4F)c3c2)cc1. The number of methoxy groups -OCH3 is 1. The number of nitrogens with zero attached hydrogens (tertiary/aromatic N) is 1. The summed E-state index contributed by atoms with van der Waals surface area (Å²) in [6.07, 6.45) is 2.88. The van der Waals surface area contributed by atoms with Crippen LogP contribution in [-0.4, -0.2) is 44.5 Å². The summed E-state index contributed by atoms with van der Waals surface area (Å²) in [5.41, 5.74) is 0.356. The molecule has 0 unspecified atom stereocenters. The average Bonchev–Trinajstić information content (AvgIpc) is 3.42. The number of ether oxygens (including phenoxy) is 2. The number of rotatable bonds is 11. The molecule has 0 atom stereocenters. The second-order valence-corrected chi connectivity index (χ2v) is 10.9.